The van der Waals surface area contributed by atoms with Crippen LogP contribution in [0.5, 0.6) is 5.75 Å². The smallest absolute Gasteiger partial charge is 0.244 e. The highest BCUT2D eigenvalue weighted by molar-refractivity contribution is 7.91. The zero-order valence-electron chi connectivity index (χ0n) is 16.3. The van der Waals surface area contributed by atoms with Gasteiger partial charge < -0.3 is 9.64 Å². The van der Waals surface area contributed by atoms with Crippen molar-refractivity contribution in [3.63, 3.8) is 0 Å². The van der Waals surface area contributed by atoms with E-state index in [0.717, 1.165) is 5.56 Å². The van der Waals surface area contributed by atoms with Crippen molar-refractivity contribution < 1.29 is 17.9 Å². The first-order chi connectivity index (χ1) is 13.9. The molecule has 1 amide bonds. The van der Waals surface area contributed by atoms with E-state index in [2.05, 4.69) is 0 Å². The van der Waals surface area contributed by atoms with Gasteiger partial charge in [-0.1, -0.05) is 41.9 Å². The number of amides is 1. The molecule has 0 bridgehead atoms. The van der Waals surface area contributed by atoms with Gasteiger partial charge in [-0.3, -0.25) is 9.69 Å². The lowest BCUT2D eigenvalue weighted by Gasteiger charge is -2.35. The zero-order chi connectivity index (χ0) is 20.9. The summed E-state index contributed by atoms with van der Waals surface area (Å²) in [4.78, 5) is 16.8. The van der Waals surface area contributed by atoms with Crippen molar-refractivity contribution in [1.29, 1.82) is 0 Å². The number of rotatable bonds is 7. The molecule has 1 aliphatic heterocycles. The second-order valence-electron chi connectivity index (χ2n) is 7.06. The van der Waals surface area contributed by atoms with E-state index in [9.17, 15) is 13.2 Å². The summed E-state index contributed by atoms with van der Waals surface area (Å²) >= 11 is 5.87. The molecule has 1 saturated heterocycles. The van der Waals surface area contributed by atoms with E-state index >= 15 is 0 Å². The van der Waals surface area contributed by atoms with Crippen LogP contribution in [0.3, 0.4) is 0 Å². The Kier molecular flexibility index (Phi) is 7.16. The first-order valence-corrected chi connectivity index (χ1v) is 11.7. The van der Waals surface area contributed by atoms with Crippen LogP contribution in [0, 0.1) is 0 Å². The Bertz CT molecular complexity index is 905. The largest absolute Gasteiger partial charge is 0.492 e. The summed E-state index contributed by atoms with van der Waals surface area (Å²) in [6.07, 6.45) is 0. The quantitative estimate of drug-likeness (QED) is 0.667. The van der Waals surface area contributed by atoms with Crippen LogP contribution in [0.2, 0.25) is 5.02 Å². The van der Waals surface area contributed by atoms with E-state index in [1.807, 2.05) is 35.2 Å². The number of hydrogen-bond donors (Lipinski definition) is 0. The monoisotopic (exact) mass is 436 g/mol. The third-order valence-electron chi connectivity index (χ3n) is 4.98. The van der Waals surface area contributed by atoms with Gasteiger partial charge in [0.15, 0.2) is 9.84 Å². The second kappa shape index (κ2) is 9.61. The van der Waals surface area contributed by atoms with E-state index in [1.54, 1.807) is 36.2 Å². The summed E-state index contributed by atoms with van der Waals surface area (Å²) in [5.74, 6) is 0.770. The Morgan fingerprint density at radius 2 is 1.72 bits per heavy atom. The minimum absolute atomic E-state index is 0.0739. The number of nitrogens with zero attached hydrogens (tertiary/aromatic N) is 2. The number of carbonyl (C=O) groups is 1. The van der Waals surface area contributed by atoms with Gasteiger partial charge in [0.1, 0.15) is 18.4 Å². The van der Waals surface area contributed by atoms with Crippen molar-refractivity contribution in [1.82, 2.24) is 9.80 Å². The summed E-state index contributed by atoms with van der Waals surface area (Å²) in [6, 6.07) is 16.1. The van der Waals surface area contributed by atoms with Gasteiger partial charge in [-0.25, -0.2) is 8.42 Å². The number of ether oxygens (including phenoxy) is 1. The van der Waals surface area contributed by atoms with Crippen molar-refractivity contribution in [2.24, 2.45) is 0 Å². The summed E-state index contributed by atoms with van der Waals surface area (Å²) in [5.41, 5.74) is 0.863. The molecule has 0 aromatic heterocycles. The first-order valence-electron chi connectivity index (χ1n) is 9.48. The fraction of sp³-hybridized carbons (Fsp3) is 0.381. The van der Waals surface area contributed by atoms with Crippen LogP contribution in [0.4, 0.5) is 0 Å². The molecule has 156 valence electrons. The Balaban J connectivity index is 1.66. The summed E-state index contributed by atoms with van der Waals surface area (Å²) in [5, 5.41) is 0.638. The predicted molar refractivity (Wildman–Crippen MR) is 114 cm³/mol. The Morgan fingerprint density at radius 3 is 2.34 bits per heavy atom. The Morgan fingerprint density at radius 1 is 1.10 bits per heavy atom. The van der Waals surface area contributed by atoms with Gasteiger partial charge in [0.2, 0.25) is 5.91 Å². The highest BCUT2D eigenvalue weighted by Crippen LogP contribution is 2.25. The number of benzene rings is 2. The van der Waals surface area contributed by atoms with Gasteiger partial charge in [0, 0.05) is 25.2 Å². The summed E-state index contributed by atoms with van der Waals surface area (Å²) in [7, 11) is -1.28. The molecule has 1 unspecified atom stereocenters. The molecule has 1 fully saturated rings. The molecule has 2 aromatic carbocycles. The molecule has 0 spiro atoms. The molecule has 29 heavy (non-hydrogen) atoms. The number of likely N-dealkylation sites (N-methyl/N-ethyl adjacent to an activating group) is 1. The maximum Gasteiger partial charge on any atom is 0.244 e. The molecule has 1 aliphatic rings. The molecule has 3 rings (SSSR count). The maximum atomic E-state index is 13.3. The van der Waals surface area contributed by atoms with Crippen LogP contribution in [0.1, 0.15) is 11.6 Å². The molecular weight excluding hydrogens is 412 g/mol. The van der Waals surface area contributed by atoms with Gasteiger partial charge in [0.05, 0.1) is 18.1 Å². The van der Waals surface area contributed by atoms with Gasteiger partial charge >= 0.3 is 0 Å². The molecule has 8 heteroatoms. The first kappa shape index (κ1) is 21.6. The number of hydrogen-bond acceptors (Lipinski definition) is 5. The number of sulfone groups is 1. The highest BCUT2D eigenvalue weighted by atomic mass is 35.5. The normalized spacial score (nSPS) is 17.4. The van der Waals surface area contributed by atoms with Gasteiger partial charge in [-0.05, 0) is 29.8 Å². The van der Waals surface area contributed by atoms with Crippen molar-refractivity contribution in [3.8, 4) is 5.75 Å². The molecular formula is C21H25ClN2O4S. The van der Waals surface area contributed by atoms with Crippen molar-refractivity contribution in [2.75, 3.05) is 44.8 Å². The van der Waals surface area contributed by atoms with Crippen LogP contribution in [-0.4, -0.2) is 68.9 Å². The molecule has 0 radical (unpaired) electrons. The minimum Gasteiger partial charge on any atom is -0.492 e. The Labute approximate surface area is 176 Å². The van der Waals surface area contributed by atoms with Crippen LogP contribution < -0.4 is 4.74 Å². The van der Waals surface area contributed by atoms with E-state index in [0.29, 0.717) is 37.0 Å². The highest BCUT2D eigenvalue weighted by Gasteiger charge is 2.33. The lowest BCUT2D eigenvalue weighted by molar-refractivity contribution is -0.136. The van der Waals surface area contributed by atoms with E-state index in [1.165, 1.54) is 0 Å². The van der Waals surface area contributed by atoms with Crippen molar-refractivity contribution in [2.45, 2.75) is 6.04 Å². The SMILES string of the molecule is CN(CCOc1ccc(Cl)cc1)C(=O)C(c1ccccc1)N1CCS(=O)(=O)CC1. The molecule has 1 atom stereocenters. The maximum absolute atomic E-state index is 13.3. The average Bonchev–Trinajstić information content (AvgIpc) is 2.71. The third-order valence-corrected chi connectivity index (χ3v) is 6.84. The van der Waals surface area contributed by atoms with Crippen LogP contribution in [0.25, 0.3) is 0 Å². The third kappa shape index (κ3) is 5.95. The van der Waals surface area contributed by atoms with Crippen LogP contribution in [-0.2, 0) is 14.6 Å². The van der Waals surface area contributed by atoms with E-state index in [4.69, 9.17) is 16.3 Å². The summed E-state index contributed by atoms with van der Waals surface area (Å²) < 4.78 is 29.3. The van der Waals surface area contributed by atoms with Crippen LogP contribution in [0.15, 0.2) is 54.6 Å². The Hall–Kier alpha value is -2.09. The van der Waals surface area contributed by atoms with Gasteiger partial charge in [0.25, 0.3) is 0 Å². The van der Waals surface area contributed by atoms with Gasteiger partial charge in [-0.15, -0.1) is 0 Å². The molecule has 1 heterocycles. The lowest BCUT2D eigenvalue weighted by Crippen LogP contribution is -2.48. The van der Waals surface area contributed by atoms with Crippen molar-refractivity contribution in [3.05, 3.63) is 65.2 Å². The fourth-order valence-corrected chi connectivity index (χ4v) is 4.64. The topological polar surface area (TPSA) is 66.9 Å². The standard InChI is InChI=1S/C21H25ClN2O4S/c1-23(11-14-28-19-9-7-18(22)8-10-19)21(25)20(17-5-3-2-4-6-17)24-12-15-29(26,27)16-13-24/h2-10,20H,11-16H2,1H3. The number of carbonyl (C=O) groups excluding carboxylic acids is 1. The van der Waals surface area contributed by atoms with Crippen molar-refractivity contribution >= 4 is 27.3 Å². The average molecular weight is 437 g/mol. The minimum atomic E-state index is -3.02. The zero-order valence-corrected chi connectivity index (χ0v) is 17.9. The van der Waals surface area contributed by atoms with Crippen LogP contribution >= 0.6 is 11.6 Å². The summed E-state index contributed by atoms with van der Waals surface area (Å²) in [6.45, 7) is 1.46. The predicted octanol–water partition coefficient (Wildman–Crippen LogP) is 2.65. The van der Waals surface area contributed by atoms with E-state index < -0.39 is 15.9 Å². The van der Waals surface area contributed by atoms with E-state index in [-0.39, 0.29) is 17.4 Å². The fourth-order valence-electron chi connectivity index (χ4n) is 3.28. The molecule has 0 aliphatic carbocycles. The van der Waals surface area contributed by atoms with Gasteiger partial charge in [-0.2, -0.15) is 0 Å². The number of halogens is 1. The molecule has 0 saturated carbocycles. The molecule has 0 N–H and O–H groups in total. The molecule has 6 nitrogen and oxygen atoms in total. The second-order valence-corrected chi connectivity index (χ2v) is 9.80. The lowest BCUT2D eigenvalue weighted by atomic mass is 10.0. The molecule has 2 aromatic rings.